The van der Waals surface area contributed by atoms with E-state index in [0.29, 0.717) is 11.1 Å². The molecular weight excluding hydrogens is 283 g/mol. The number of carbonyl (C=O) groups is 2. The molecule has 0 saturated carbocycles. The van der Waals surface area contributed by atoms with E-state index in [1.165, 1.54) is 11.0 Å². The molecule has 2 aromatic rings. The van der Waals surface area contributed by atoms with E-state index in [9.17, 15) is 14.0 Å². The Morgan fingerprint density at radius 1 is 1.09 bits per heavy atom. The molecule has 0 atom stereocenters. The number of amides is 2. The van der Waals surface area contributed by atoms with Crippen molar-refractivity contribution in [3.05, 3.63) is 65.5 Å². The van der Waals surface area contributed by atoms with Gasteiger partial charge in [0.25, 0.3) is 5.91 Å². The van der Waals surface area contributed by atoms with Crippen LogP contribution in [-0.2, 0) is 4.79 Å². The van der Waals surface area contributed by atoms with Gasteiger partial charge in [0, 0.05) is 18.5 Å². The fourth-order valence-corrected chi connectivity index (χ4v) is 2.13. The molecule has 0 bridgehead atoms. The number of nitrogens with zero attached hydrogens (tertiary/aromatic N) is 1. The van der Waals surface area contributed by atoms with Crippen molar-refractivity contribution in [2.75, 3.05) is 11.4 Å². The van der Waals surface area contributed by atoms with E-state index in [2.05, 4.69) is 0 Å². The Balaban J connectivity index is 2.40. The van der Waals surface area contributed by atoms with Crippen molar-refractivity contribution < 1.29 is 14.0 Å². The Bertz CT molecular complexity index is 686. The fraction of sp³-hybridized carbons (Fsp3) is 0.176. The van der Waals surface area contributed by atoms with Gasteiger partial charge in [-0.15, -0.1) is 0 Å². The van der Waals surface area contributed by atoms with Crippen LogP contribution in [0.3, 0.4) is 0 Å². The van der Waals surface area contributed by atoms with Crippen LogP contribution in [0.4, 0.5) is 10.1 Å². The lowest BCUT2D eigenvalue weighted by Crippen LogP contribution is -2.34. The number of carbonyl (C=O) groups excluding carboxylic acids is 2. The first kappa shape index (κ1) is 15.7. The van der Waals surface area contributed by atoms with Gasteiger partial charge in [-0.1, -0.05) is 30.3 Å². The highest BCUT2D eigenvalue weighted by Crippen LogP contribution is 2.24. The van der Waals surface area contributed by atoms with E-state index in [-0.39, 0.29) is 24.6 Å². The molecule has 0 saturated heterocycles. The van der Waals surface area contributed by atoms with Crippen LogP contribution in [0.2, 0.25) is 0 Å². The average molecular weight is 300 g/mol. The van der Waals surface area contributed by atoms with Crippen LogP contribution in [0.25, 0.3) is 0 Å². The quantitative estimate of drug-likeness (QED) is 0.922. The molecule has 0 fully saturated rings. The van der Waals surface area contributed by atoms with Gasteiger partial charge in [0.2, 0.25) is 5.91 Å². The predicted octanol–water partition coefficient (Wildman–Crippen LogP) is 2.66. The van der Waals surface area contributed by atoms with E-state index in [4.69, 9.17) is 5.73 Å². The Morgan fingerprint density at radius 2 is 1.77 bits per heavy atom. The summed E-state index contributed by atoms with van der Waals surface area (Å²) in [7, 11) is 0. The van der Waals surface area contributed by atoms with Crippen LogP contribution < -0.4 is 10.6 Å². The number of hydrogen-bond donors (Lipinski definition) is 1. The SMILES string of the molecule is Cc1cccc(N(CCC(N)=O)C(=O)c2ccccc2)c1F. The van der Waals surface area contributed by atoms with Crippen molar-refractivity contribution in [2.24, 2.45) is 5.73 Å². The highest BCUT2D eigenvalue weighted by Gasteiger charge is 2.21. The molecule has 22 heavy (non-hydrogen) atoms. The normalized spacial score (nSPS) is 10.3. The molecule has 0 heterocycles. The molecule has 0 spiro atoms. The Labute approximate surface area is 128 Å². The van der Waals surface area contributed by atoms with Crippen molar-refractivity contribution in [3.8, 4) is 0 Å². The van der Waals surface area contributed by atoms with E-state index < -0.39 is 11.7 Å². The molecule has 0 aromatic heterocycles. The van der Waals surface area contributed by atoms with Gasteiger partial charge in [-0.25, -0.2) is 4.39 Å². The van der Waals surface area contributed by atoms with Crippen molar-refractivity contribution in [1.82, 2.24) is 0 Å². The second-order valence-corrected chi connectivity index (χ2v) is 4.95. The molecule has 5 heteroatoms. The third-order valence-corrected chi connectivity index (χ3v) is 3.31. The molecule has 2 amide bonds. The Kier molecular flexibility index (Phi) is 4.88. The zero-order valence-electron chi connectivity index (χ0n) is 12.3. The van der Waals surface area contributed by atoms with Crippen LogP contribution in [0.5, 0.6) is 0 Å². The fourth-order valence-electron chi connectivity index (χ4n) is 2.13. The van der Waals surface area contributed by atoms with Gasteiger partial charge in [-0.2, -0.15) is 0 Å². The lowest BCUT2D eigenvalue weighted by Gasteiger charge is -2.23. The second kappa shape index (κ2) is 6.85. The Hall–Kier alpha value is -2.69. The topological polar surface area (TPSA) is 63.4 Å². The maximum atomic E-state index is 14.3. The van der Waals surface area contributed by atoms with Crippen molar-refractivity contribution in [1.29, 1.82) is 0 Å². The molecule has 0 aliphatic rings. The summed E-state index contributed by atoms with van der Waals surface area (Å²) in [5, 5.41) is 0. The van der Waals surface area contributed by atoms with Gasteiger partial charge < -0.3 is 10.6 Å². The lowest BCUT2D eigenvalue weighted by atomic mass is 10.1. The summed E-state index contributed by atoms with van der Waals surface area (Å²) in [5.41, 5.74) is 6.16. The third-order valence-electron chi connectivity index (χ3n) is 3.31. The minimum Gasteiger partial charge on any atom is -0.370 e. The molecule has 0 unspecified atom stereocenters. The van der Waals surface area contributed by atoms with Crippen LogP contribution >= 0.6 is 0 Å². The summed E-state index contributed by atoms with van der Waals surface area (Å²) in [6, 6.07) is 13.3. The summed E-state index contributed by atoms with van der Waals surface area (Å²) in [5.74, 6) is -1.39. The number of halogens is 1. The summed E-state index contributed by atoms with van der Waals surface area (Å²) in [4.78, 5) is 24.9. The lowest BCUT2D eigenvalue weighted by molar-refractivity contribution is -0.117. The molecule has 2 aromatic carbocycles. The van der Waals surface area contributed by atoms with E-state index in [1.54, 1.807) is 49.4 Å². The van der Waals surface area contributed by atoms with Crippen LogP contribution in [0, 0.1) is 12.7 Å². The summed E-state index contributed by atoms with van der Waals surface area (Å²) in [6.45, 7) is 1.65. The zero-order chi connectivity index (χ0) is 16.1. The monoisotopic (exact) mass is 300 g/mol. The highest BCUT2D eigenvalue weighted by molar-refractivity contribution is 6.06. The second-order valence-electron chi connectivity index (χ2n) is 4.95. The number of primary amides is 1. The first-order chi connectivity index (χ1) is 10.5. The summed E-state index contributed by atoms with van der Waals surface area (Å²) >= 11 is 0. The van der Waals surface area contributed by atoms with Crippen LogP contribution in [-0.4, -0.2) is 18.4 Å². The molecule has 2 N–H and O–H groups in total. The van der Waals surface area contributed by atoms with Crippen LogP contribution in [0.1, 0.15) is 22.3 Å². The molecule has 0 aliphatic carbocycles. The number of anilines is 1. The maximum Gasteiger partial charge on any atom is 0.258 e. The smallest absolute Gasteiger partial charge is 0.258 e. The van der Waals surface area contributed by atoms with Gasteiger partial charge in [-0.05, 0) is 30.7 Å². The Morgan fingerprint density at radius 3 is 2.41 bits per heavy atom. The highest BCUT2D eigenvalue weighted by atomic mass is 19.1. The van der Waals surface area contributed by atoms with Gasteiger partial charge in [0.1, 0.15) is 5.82 Å². The van der Waals surface area contributed by atoms with E-state index in [1.807, 2.05) is 0 Å². The minimum atomic E-state index is -0.543. The van der Waals surface area contributed by atoms with Crippen molar-refractivity contribution >= 4 is 17.5 Å². The standard InChI is InChI=1S/C17H17FN2O2/c1-12-6-5-9-14(16(12)18)20(11-10-15(19)21)17(22)13-7-3-2-4-8-13/h2-9H,10-11H2,1H3,(H2,19,21). The summed E-state index contributed by atoms with van der Waals surface area (Å²) < 4.78 is 14.3. The van der Waals surface area contributed by atoms with E-state index >= 15 is 0 Å². The molecular formula is C17H17FN2O2. The van der Waals surface area contributed by atoms with Crippen molar-refractivity contribution in [2.45, 2.75) is 13.3 Å². The molecule has 0 aliphatic heterocycles. The molecule has 4 nitrogen and oxygen atoms in total. The first-order valence-corrected chi connectivity index (χ1v) is 6.91. The number of rotatable bonds is 5. The van der Waals surface area contributed by atoms with E-state index in [0.717, 1.165) is 0 Å². The van der Waals surface area contributed by atoms with Gasteiger partial charge in [-0.3, -0.25) is 9.59 Å². The number of aryl methyl sites for hydroxylation is 1. The maximum absolute atomic E-state index is 14.3. The predicted molar refractivity (Wildman–Crippen MR) is 83.1 cm³/mol. The molecule has 114 valence electrons. The number of hydrogen-bond acceptors (Lipinski definition) is 2. The summed E-state index contributed by atoms with van der Waals surface area (Å²) in [6.07, 6.45) is -0.0358. The molecule has 2 rings (SSSR count). The third kappa shape index (κ3) is 3.49. The van der Waals surface area contributed by atoms with Gasteiger partial charge >= 0.3 is 0 Å². The number of nitrogens with two attached hydrogens (primary N) is 1. The number of benzene rings is 2. The average Bonchev–Trinajstić information content (AvgIpc) is 2.51. The van der Waals surface area contributed by atoms with Gasteiger partial charge in [0.15, 0.2) is 0 Å². The minimum absolute atomic E-state index is 0.0312. The largest absolute Gasteiger partial charge is 0.370 e. The van der Waals surface area contributed by atoms with Gasteiger partial charge in [0.05, 0.1) is 5.69 Å². The molecule has 0 radical (unpaired) electrons. The van der Waals surface area contributed by atoms with Crippen molar-refractivity contribution in [3.63, 3.8) is 0 Å². The first-order valence-electron chi connectivity index (χ1n) is 6.91. The zero-order valence-corrected chi connectivity index (χ0v) is 12.3. The van der Waals surface area contributed by atoms with Crippen LogP contribution in [0.15, 0.2) is 48.5 Å².